The minimum absolute atomic E-state index is 0.0955. The van der Waals surface area contributed by atoms with E-state index < -0.39 is 15.8 Å². The molecule has 6 nitrogen and oxygen atoms in total. The second kappa shape index (κ2) is 8.20. The summed E-state index contributed by atoms with van der Waals surface area (Å²) in [5.41, 5.74) is 3.17. The van der Waals surface area contributed by atoms with Crippen molar-refractivity contribution in [3.8, 4) is 0 Å². The molecule has 8 heteroatoms. The molecule has 1 aliphatic heterocycles. The third kappa shape index (κ3) is 4.64. The molecule has 0 aromatic heterocycles. The topological polar surface area (TPSA) is 92.3 Å². The first kappa shape index (κ1) is 21.4. The van der Waals surface area contributed by atoms with E-state index in [1.807, 2.05) is 26.0 Å². The SMILES string of the molecule is Cc1cccc(NC(=O)[C@@H](C)CS(=O)(=O)c2ccc3c(c2)NC(=O)[C@H](C)S3)c1C. The minimum atomic E-state index is -3.70. The highest BCUT2D eigenvalue weighted by atomic mass is 32.2. The monoisotopic (exact) mass is 432 g/mol. The summed E-state index contributed by atoms with van der Waals surface area (Å²) in [6, 6.07) is 10.3. The Bertz CT molecular complexity index is 1080. The van der Waals surface area contributed by atoms with Crippen LogP contribution in [0.2, 0.25) is 0 Å². The standard InChI is InChI=1S/C21H24N2O4S2/c1-12-6-5-7-17(14(12)3)22-20(24)13(2)11-29(26,27)16-8-9-19-18(10-16)23-21(25)15(4)28-19/h5-10,13,15H,11H2,1-4H3,(H,22,24)(H,23,25)/t13-,15-/m0/s1. The number of carbonyl (C=O) groups excluding carboxylic acids is 2. The predicted molar refractivity (Wildman–Crippen MR) is 116 cm³/mol. The van der Waals surface area contributed by atoms with E-state index in [2.05, 4.69) is 10.6 Å². The second-order valence-corrected chi connectivity index (χ2v) is 10.7. The number of benzene rings is 2. The van der Waals surface area contributed by atoms with Crippen molar-refractivity contribution in [2.75, 3.05) is 16.4 Å². The average molecular weight is 433 g/mol. The highest BCUT2D eigenvalue weighted by Gasteiger charge is 2.27. The van der Waals surface area contributed by atoms with Gasteiger partial charge in [-0.1, -0.05) is 19.1 Å². The lowest BCUT2D eigenvalue weighted by molar-refractivity contribution is -0.119. The molecule has 0 radical (unpaired) electrons. The van der Waals surface area contributed by atoms with E-state index in [1.165, 1.54) is 23.9 Å². The van der Waals surface area contributed by atoms with Crippen LogP contribution in [0.1, 0.15) is 25.0 Å². The highest BCUT2D eigenvalue weighted by Crippen LogP contribution is 2.37. The summed E-state index contributed by atoms with van der Waals surface area (Å²) >= 11 is 1.39. The lowest BCUT2D eigenvalue weighted by Crippen LogP contribution is -2.28. The van der Waals surface area contributed by atoms with Gasteiger partial charge in [0.1, 0.15) is 0 Å². The molecule has 0 fully saturated rings. The third-order valence-corrected chi connectivity index (χ3v) is 8.11. The minimum Gasteiger partial charge on any atom is -0.326 e. The fourth-order valence-electron chi connectivity index (χ4n) is 3.02. The van der Waals surface area contributed by atoms with E-state index >= 15 is 0 Å². The van der Waals surface area contributed by atoms with Crippen molar-refractivity contribution in [2.45, 2.75) is 42.7 Å². The van der Waals surface area contributed by atoms with E-state index in [-0.39, 0.29) is 27.7 Å². The number of hydrogen-bond acceptors (Lipinski definition) is 5. The summed E-state index contributed by atoms with van der Waals surface area (Å²) < 4.78 is 25.7. The van der Waals surface area contributed by atoms with Crippen LogP contribution in [0.4, 0.5) is 11.4 Å². The number of fused-ring (bicyclic) bond motifs is 1. The van der Waals surface area contributed by atoms with Gasteiger partial charge in [-0.15, -0.1) is 11.8 Å². The number of nitrogens with one attached hydrogen (secondary N) is 2. The second-order valence-electron chi connectivity index (χ2n) is 7.33. The Hall–Kier alpha value is -2.32. The van der Waals surface area contributed by atoms with E-state index in [1.54, 1.807) is 26.0 Å². The Labute approximate surface area is 175 Å². The quantitative estimate of drug-likeness (QED) is 0.750. The zero-order valence-corrected chi connectivity index (χ0v) is 18.4. The summed E-state index contributed by atoms with van der Waals surface area (Å²) in [4.78, 5) is 25.4. The molecule has 2 amide bonds. The van der Waals surface area contributed by atoms with Crippen LogP contribution >= 0.6 is 11.8 Å². The van der Waals surface area contributed by atoms with Crippen molar-refractivity contribution in [1.29, 1.82) is 0 Å². The number of hydrogen-bond donors (Lipinski definition) is 2. The number of aryl methyl sites for hydroxylation is 1. The van der Waals surface area contributed by atoms with Gasteiger partial charge < -0.3 is 10.6 Å². The van der Waals surface area contributed by atoms with Gasteiger partial charge in [-0.05, 0) is 56.2 Å². The maximum absolute atomic E-state index is 12.9. The number of sulfone groups is 1. The van der Waals surface area contributed by atoms with Gasteiger partial charge in [0, 0.05) is 16.5 Å². The van der Waals surface area contributed by atoms with Gasteiger partial charge in [0.2, 0.25) is 11.8 Å². The molecule has 0 saturated heterocycles. The lowest BCUT2D eigenvalue weighted by atomic mass is 10.1. The molecule has 2 atom stereocenters. The molecule has 0 saturated carbocycles. The molecule has 1 heterocycles. The third-order valence-electron chi connectivity index (χ3n) is 5.02. The van der Waals surface area contributed by atoms with Crippen molar-refractivity contribution in [3.05, 3.63) is 47.5 Å². The van der Waals surface area contributed by atoms with Crippen LogP contribution in [-0.4, -0.2) is 31.2 Å². The summed E-state index contributed by atoms with van der Waals surface area (Å²) in [6.07, 6.45) is 0. The molecule has 154 valence electrons. The molecule has 1 aliphatic rings. The fourth-order valence-corrected chi connectivity index (χ4v) is 5.53. The highest BCUT2D eigenvalue weighted by molar-refractivity contribution is 8.01. The Morgan fingerprint density at radius 1 is 1.24 bits per heavy atom. The zero-order chi connectivity index (χ0) is 21.3. The van der Waals surface area contributed by atoms with Crippen LogP contribution < -0.4 is 10.6 Å². The van der Waals surface area contributed by atoms with E-state index in [0.717, 1.165) is 16.0 Å². The number of rotatable bonds is 5. The predicted octanol–water partition coefficient (Wildman–Crippen LogP) is 3.78. The smallest absolute Gasteiger partial charge is 0.237 e. The van der Waals surface area contributed by atoms with Crippen LogP contribution in [-0.2, 0) is 19.4 Å². The van der Waals surface area contributed by atoms with Gasteiger partial charge in [0.25, 0.3) is 0 Å². The van der Waals surface area contributed by atoms with Crippen molar-refractivity contribution < 1.29 is 18.0 Å². The lowest BCUT2D eigenvalue weighted by Gasteiger charge is -2.22. The van der Waals surface area contributed by atoms with Gasteiger partial charge in [-0.3, -0.25) is 9.59 Å². The van der Waals surface area contributed by atoms with Gasteiger partial charge in [-0.2, -0.15) is 0 Å². The van der Waals surface area contributed by atoms with Crippen molar-refractivity contribution >= 4 is 44.8 Å². The first-order valence-corrected chi connectivity index (χ1v) is 11.8. The van der Waals surface area contributed by atoms with Crippen molar-refractivity contribution in [2.24, 2.45) is 5.92 Å². The van der Waals surface area contributed by atoms with Crippen LogP contribution in [0, 0.1) is 19.8 Å². The van der Waals surface area contributed by atoms with Crippen molar-refractivity contribution in [3.63, 3.8) is 0 Å². The molecule has 3 rings (SSSR count). The van der Waals surface area contributed by atoms with Crippen LogP contribution in [0.5, 0.6) is 0 Å². The molecule has 2 aromatic carbocycles. The van der Waals surface area contributed by atoms with Gasteiger partial charge >= 0.3 is 0 Å². The van der Waals surface area contributed by atoms with E-state index in [9.17, 15) is 18.0 Å². The number of carbonyl (C=O) groups is 2. The largest absolute Gasteiger partial charge is 0.326 e. The summed E-state index contributed by atoms with van der Waals surface area (Å²) in [5.74, 6) is -1.56. The van der Waals surface area contributed by atoms with Gasteiger partial charge in [-0.25, -0.2) is 8.42 Å². The molecule has 0 spiro atoms. The molecule has 0 bridgehead atoms. The van der Waals surface area contributed by atoms with Crippen molar-refractivity contribution in [1.82, 2.24) is 0 Å². The van der Waals surface area contributed by atoms with Crippen LogP contribution in [0.25, 0.3) is 0 Å². The normalized spacial score (nSPS) is 17.2. The molecule has 0 aliphatic carbocycles. The summed E-state index contributed by atoms with van der Waals surface area (Å²) in [6.45, 7) is 7.25. The number of amides is 2. The summed E-state index contributed by atoms with van der Waals surface area (Å²) in [5, 5.41) is 5.34. The first-order valence-electron chi connectivity index (χ1n) is 9.30. The fraction of sp³-hybridized carbons (Fsp3) is 0.333. The van der Waals surface area contributed by atoms with Gasteiger partial charge in [0.05, 0.1) is 21.6 Å². The van der Waals surface area contributed by atoms with Gasteiger partial charge in [0.15, 0.2) is 9.84 Å². The Morgan fingerprint density at radius 3 is 2.69 bits per heavy atom. The zero-order valence-electron chi connectivity index (χ0n) is 16.8. The number of anilines is 2. The van der Waals surface area contributed by atoms with E-state index in [4.69, 9.17) is 0 Å². The molecular formula is C21H24N2O4S2. The Morgan fingerprint density at radius 2 is 1.97 bits per heavy atom. The Balaban J connectivity index is 1.75. The molecule has 2 N–H and O–H groups in total. The Kier molecular flexibility index (Phi) is 6.05. The summed E-state index contributed by atoms with van der Waals surface area (Å²) in [7, 11) is -3.70. The molecule has 2 aromatic rings. The molecular weight excluding hydrogens is 408 g/mol. The average Bonchev–Trinajstić information content (AvgIpc) is 2.65. The maximum Gasteiger partial charge on any atom is 0.237 e. The maximum atomic E-state index is 12.9. The molecule has 0 unspecified atom stereocenters. The van der Waals surface area contributed by atoms with Crippen LogP contribution in [0.3, 0.4) is 0 Å². The van der Waals surface area contributed by atoms with E-state index in [0.29, 0.717) is 11.4 Å². The van der Waals surface area contributed by atoms with Crippen LogP contribution in [0.15, 0.2) is 46.2 Å². The first-order chi connectivity index (χ1) is 13.6. The number of thioether (sulfide) groups is 1. The molecule has 29 heavy (non-hydrogen) atoms.